The molecule has 0 saturated heterocycles. The maximum atomic E-state index is 2.51. The van der Waals surface area contributed by atoms with E-state index in [1.165, 1.54) is 98.1 Å². The zero-order chi connectivity index (χ0) is 27.1. The summed E-state index contributed by atoms with van der Waals surface area (Å²) in [5, 5.41) is 13.1. The fourth-order valence-electron chi connectivity index (χ4n) is 8.14. The van der Waals surface area contributed by atoms with E-state index in [0.717, 1.165) is 0 Å². The summed E-state index contributed by atoms with van der Waals surface area (Å²) in [6, 6.07) is 49.6. The maximum absolute atomic E-state index is 2.51. The van der Waals surface area contributed by atoms with Crippen molar-refractivity contribution in [2.75, 3.05) is 0 Å². The molecule has 4 aromatic heterocycles. The van der Waals surface area contributed by atoms with Crippen LogP contribution in [0.3, 0.4) is 0 Å². The Morgan fingerprint density at radius 3 is 1.48 bits per heavy atom. The van der Waals surface area contributed by atoms with Crippen LogP contribution >= 0.6 is 0 Å². The highest BCUT2D eigenvalue weighted by Crippen LogP contribution is 2.47. The van der Waals surface area contributed by atoms with Gasteiger partial charge in [0.2, 0.25) is 0 Å². The van der Waals surface area contributed by atoms with Gasteiger partial charge < -0.3 is 8.80 Å². The van der Waals surface area contributed by atoms with Crippen molar-refractivity contribution in [3.05, 3.63) is 133 Å². The van der Waals surface area contributed by atoms with Crippen LogP contribution in [0.4, 0.5) is 0 Å². The molecule has 0 atom stereocenters. The molecule has 192 valence electrons. The van der Waals surface area contributed by atoms with E-state index >= 15 is 0 Å². The highest BCUT2D eigenvalue weighted by molar-refractivity contribution is 6.30. The third kappa shape index (κ3) is 2.33. The lowest BCUT2D eigenvalue weighted by Crippen LogP contribution is -1.85. The molecule has 0 aliphatic heterocycles. The molecular formula is C40H22N2. The van der Waals surface area contributed by atoms with Crippen molar-refractivity contribution in [1.82, 2.24) is 8.80 Å². The number of hydrogen-bond donors (Lipinski definition) is 0. The molecule has 11 aromatic rings. The normalized spacial score (nSPS) is 12.8. The number of hydrogen-bond acceptors (Lipinski definition) is 0. The van der Waals surface area contributed by atoms with Crippen molar-refractivity contribution in [3.63, 3.8) is 0 Å². The van der Waals surface area contributed by atoms with Gasteiger partial charge in [0.15, 0.2) is 0 Å². The van der Waals surface area contributed by atoms with Crippen LogP contribution in [0, 0.1) is 0 Å². The van der Waals surface area contributed by atoms with Crippen LogP contribution in [0.2, 0.25) is 0 Å². The molecule has 7 aromatic carbocycles. The standard InChI is InChI=1S/C40H22N2/c1-2-10-24-22-36-32(21-23(24)9-1)29-15-6-17-31-38-27(13-8-20-35(38)42(36)40(29)31)26-12-7-19-34-37(26)30-16-5-14-28-25-11-3-4-18-33(25)41(34)39(28)30/h1-22H. The average Bonchev–Trinajstić information content (AvgIpc) is 3.77. The summed E-state index contributed by atoms with van der Waals surface area (Å²) in [5.74, 6) is 0. The number of nitrogens with zero attached hydrogens (tertiary/aromatic N) is 2. The smallest absolute Gasteiger partial charge is 0.0620 e. The van der Waals surface area contributed by atoms with E-state index in [9.17, 15) is 0 Å². The Morgan fingerprint density at radius 1 is 0.310 bits per heavy atom. The lowest BCUT2D eigenvalue weighted by molar-refractivity contribution is 1.37. The van der Waals surface area contributed by atoms with Gasteiger partial charge in [-0.15, -0.1) is 0 Å². The van der Waals surface area contributed by atoms with Gasteiger partial charge in [0, 0.05) is 43.1 Å². The van der Waals surface area contributed by atoms with Crippen LogP contribution in [0.25, 0.3) is 98.1 Å². The number of rotatable bonds is 1. The SMILES string of the molecule is c1ccc2cc3c(cc2c1)c1cccc2c4c(-c5cccc6c5c5cccc7c8ccccc8n6c75)cccc4n3c12. The Labute approximate surface area is 239 Å². The number of aromatic nitrogens is 2. The van der Waals surface area contributed by atoms with E-state index in [2.05, 4.69) is 142 Å². The maximum Gasteiger partial charge on any atom is 0.0620 e. The summed E-state index contributed by atoms with van der Waals surface area (Å²) in [7, 11) is 0. The highest BCUT2D eigenvalue weighted by Gasteiger charge is 2.23. The van der Waals surface area contributed by atoms with E-state index in [1.807, 2.05) is 0 Å². The van der Waals surface area contributed by atoms with Gasteiger partial charge in [0.25, 0.3) is 0 Å². The first-order valence-electron chi connectivity index (χ1n) is 14.6. The molecule has 11 rings (SSSR count). The van der Waals surface area contributed by atoms with E-state index < -0.39 is 0 Å². The van der Waals surface area contributed by atoms with Crippen LogP contribution in [-0.2, 0) is 0 Å². The first-order chi connectivity index (χ1) is 20.9. The second kappa shape index (κ2) is 7.18. The topological polar surface area (TPSA) is 8.82 Å². The lowest BCUT2D eigenvalue weighted by Gasteiger charge is -2.09. The van der Waals surface area contributed by atoms with Crippen molar-refractivity contribution in [1.29, 1.82) is 0 Å². The van der Waals surface area contributed by atoms with Gasteiger partial charge in [-0.25, -0.2) is 0 Å². The number of benzene rings is 7. The first kappa shape index (κ1) is 21.2. The molecule has 4 heterocycles. The van der Waals surface area contributed by atoms with Crippen molar-refractivity contribution in [2.45, 2.75) is 0 Å². The predicted octanol–water partition coefficient (Wildman–Crippen LogP) is 10.8. The molecule has 0 bridgehead atoms. The van der Waals surface area contributed by atoms with Gasteiger partial charge >= 0.3 is 0 Å². The van der Waals surface area contributed by atoms with Gasteiger partial charge in [-0.2, -0.15) is 0 Å². The predicted molar refractivity (Wildman–Crippen MR) is 179 cm³/mol. The fraction of sp³-hybridized carbons (Fsp3) is 0. The number of para-hydroxylation sites is 3. The van der Waals surface area contributed by atoms with Crippen molar-refractivity contribution in [3.8, 4) is 11.1 Å². The van der Waals surface area contributed by atoms with Gasteiger partial charge in [0.1, 0.15) is 0 Å². The van der Waals surface area contributed by atoms with Gasteiger partial charge in [0.05, 0.1) is 33.1 Å². The van der Waals surface area contributed by atoms with Crippen LogP contribution in [0.15, 0.2) is 133 Å². The first-order valence-corrected chi connectivity index (χ1v) is 14.6. The Hall–Kier alpha value is -5.60. The highest BCUT2D eigenvalue weighted by atomic mass is 14.9. The zero-order valence-electron chi connectivity index (χ0n) is 22.6. The summed E-state index contributed by atoms with van der Waals surface area (Å²) < 4.78 is 4.98. The van der Waals surface area contributed by atoms with Gasteiger partial charge in [-0.1, -0.05) is 103 Å². The fourth-order valence-corrected chi connectivity index (χ4v) is 8.14. The second-order valence-electron chi connectivity index (χ2n) is 11.7. The van der Waals surface area contributed by atoms with Crippen LogP contribution in [0.1, 0.15) is 0 Å². The quantitative estimate of drug-likeness (QED) is 0.200. The molecule has 0 fully saturated rings. The van der Waals surface area contributed by atoms with Crippen LogP contribution < -0.4 is 0 Å². The summed E-state index contributed by atoms with van der Waals surface area (Å²) in [6.07, 6.45) is 0. The van der Waals surface area contributed by atoms with E-state index in [1.54, 1.807) is 0 Å². The molecule has 2 nitrogen and oxygen atoms in total. The molecule has 2 heteroatoms. The summed E-state index contributed by atoms with van der Waals surface area (Å²) >= 11 is 0. The molecular weight excluding hydrogens is 508 g/mol. The van der Waals surface area contributed by atoms with Gasteiger partial charge in [-0.3, -0.25) is 0 Å². The van der Waals surface area contributed by atoms with Gasteiger partial charge in [-0.05, 0) is 52.2 Å². The molecule has 0 aliphatic rings. The molecule has 0 saturated carbocycles. The molecule has 0 aliphatic carbocycles. The average molecular weight is 531 g/mol. The minimum atomic E-state index is 1.27. The van der Waals surface area contributed by atoms with Crippen LogP contribution in [-0.4, -0.2) is 8.80 Å². The summed E-state index contributed by atoms with van der Waals surface area (Å²) in [4.78, 5) is 0. The Bertz CT molecular complexity index is 2900. The molecule has 0 amide bonds. The molecule has 0 spiro atoms. The Kier molecular flexibility index (Phi) is 3.62. The Morgan fingerprint density at radius 2 is 0.786 bits per heavy atom. The Balaban J connectivity index is 1.33. The molecule has 0 radical (unpaired) electrons. The minimum absolute atomic E-state index is 1.27. The third-order valence-corrected chi connectivity index (χ3v) is 9.75. The monoisotopic (exact) mass is 530 g/mol. The minimum Gasteiger partial charge on any atom is -0.308 e. The van der Waals surface area contributed by atoms with E-state index in [-0.39, 0.29) is 0 Å². The molecule has 0 N–H and O–H groups in total. The lowest BCUT2D eigenvalue weighted by atomic mass is 9.94. The third-order valence-electron chi connectivity index (χ3n) is 9.75. The van der Waals surface area contributed by atoms with Crippen molar-refractivity contribution >= 4 is 87.0 Å². The van der Waals surface area contributed by atoms with E-state index in [4.69, 9.17) is 0 Å². The van der Waals surface area contributed by atoms with Crippen molar-refractivity contribution < 1.29 is 0 Å². The van der Waals surface area contributed by atoms with Crippen LogP contribution in [0.5, 0.6) is 0 Å². The second-order valence-corrected chi connectivity index (χ2v) is 11.7. The molecule has 42 heavy (non-hydrogen) atoms. The summed E-state index contributed by atoms with van der Waals surface area (Å²) in [6.45, 7) is 0. The largest absolute Gasteiger partial charge is 0.308 e. The number of fused-ring (bicyclic) bond motifs is 13. The van der Waals surface area contributed by atoms with E-state index in [0.29, 0.717) is 0 Å². The summed E-state index contributed by atoms with van der Waals surface area (Å²) in [5.41, 5.74) is 10.3. The van der Waals surface area contributed by atoms with Crippen molar-refractivity contribution in [2.24, 2.45) is 0 Å². The molecule has 0 unspecified atom stereocenters. The zero-order valence-corrected chi connectivity index (χ0v) is 22.6.